The highest BCUT2D eigenvalue weighted by molar-refractivity contribution is 5.21. The van der Waals surface area contributed by atoms with Crippen LogP contribution in [0.25, 0.3) is 0 Å². The zero-order chi connectivity index (χ0) is 8.53. The summed E-state index contributed by atoms with van der Waals surface area (Å²) in [6.45, 7) is 7.45. The summed E-state index contributed by atoms with van der Waals surface area (Å²) in [6, 6.07) is 0. The van der Waals surface area contributed by atoms with Crippen molar-refractivity contribution in [3.05, 3.63) is 36.5 Å². The lowest BCUT2D eigenvalue weighted by molar-refractivity contribution is 0.984. The smallest absolute Gasteiger partial charge is 0.0310 e. The summed E-state index contributed by atoms with van der Waals surface area (Å²) in [5.74, 6) is 0. The van der Waals surface area contributed by atoms with Crippen molar-refractivity contribution in [3.8, 4) is 0 Å². The van der Waals surface area contributed by atoms with E-state index in [2.05, 4.69) is 31.7 Å². The number of allylic oxidation sites excluding steroid dienone is 5. The molecule has 0 spiro atoms. The lowest BCUT2D eigenvalue weighted by atomic mass is 10.1. The minimum Gasteiger partial charge on any atom is -0.103 e. The minimum absolute atomic E-state index is 1.19. The van der Waals surface area contributed by atoms with Crippen LogP contribution in [0.15, 0.2) is 36.5 Å². The van der Waals surface area contributed by atoms with Gasteiger partial charge in [-0.15, -0.1) is 6.58 Å². The average Bonchev–Trinajstić information content (AvgIpc) is 2.08. The Morgan fingerprint density at radius 2 is 2.18 bits per heavy atom. The molecule has 1 aliphatic rings. The van der Waals surface area contributed by atoms with Crippen LogP contribution in [-0.2, 0) is 0 Å². The molecule has 0 aliphatic heterocycles. The molecule has 62 valence electrons. The molecule has 11 heavy (non-hydrogen) atoms. The first-order chi connectivity index (χ1) is 5.35. The number of hydrogen-bond donors (Lipinski definition) is 0. The normalized spacial score (nSPS) is 14.5. The molecule has 0 aromatic carbocycles. The molecular formula is C11H18. The lowest BCUT2D eigenvalue weighted by Crippen LogP contribution is -1.80. The SMILES string of the molecule is C=CC.CCC1=CCCC=C1. The van der Waals surface area contributed by atoms with Gasteiger partial charge in [-0.25, -0.2) is 0 Å². The molecule has 0 fully saturated rings. The van der Waals surface area contributed by atoms with Crippen LogP contribution in [0.3, 0.4) is 0 Å². The minimum atomic E-state index is 1.19. The molecular weight excluding hydrogens is 132 g/mol. The molecule has 0 nitrogen and oxygen atoms in total. The van der Waals surface area contributed by atoms with Gasteiger partial charge in [-0.2, -0.15) is 0 Å². The first-order valence-electron chi connectivity index (χ1n) is 4.27. The maximum absolute atomic E-state index is 3.36. The van der Waals surface area contributed by atoms with Gasteiger partial charge >= 0.3 is 0 Å². The third kappa shape index (κ3) is 5.65. The molecule has 0 atom stereocenters. The van der Waals surface area contributed by atoms with Crippen LogP contribution < -0.4 is 0 Å². The van der Waals surface area contributed by atoms with Gasteiger partial charge in [0.15, 0.2) is 0 Å². The third-order valence-corrected chi connectivity index (χ3v) is 1.48. The molecule has 0 aromatic rings. The Balaban J connectivity index is 0.000000292. The molecule has 0 radical (unpaired) electrons. The van der Waals surface area contributed by atoms with Gasteiger partial charge in [0.25, 0.3) is 0 Å². The van der Waals surface area contributed by atoms with Gasteiger partial charge in [-0.1, -0.05) is 36.8 Å². The van der Waals surface area contributed by atoms with E-state index in [9.17, 15) is 0 Å². The van der Waals surface area contributed by atoms with E-state index in [0.29, 0.717) is 0 Å². The van der Waals surface area contributed by atoms with Gasteiger partial charge in [-0.3, -0.25) is 0 Å². The van der Waals surface area contributed by atoms with Crippen LogP contribution in [0.4, 0.5) is 0 Å². The van der Waals surface area contributed by atoms with E-state index in [1.807, 2.05) is 6.92 Å². The van der Waals surface area contributed by atoms with Gasteiger partial charge in [0.05, 0.1) is 0 Å². The molecule has 1 rings (SSSR count). The van der Waals surface area contributed by atoms with E-state index in [0.717, 1.165) is 0 Å². The van der Waals surface area contributed by atoms with Crippen LogP contribution >= 0.6 is 0 Å². The summed E-state index contributed by atoms with van der Waals surface area (Å²) in [5.41, 5.74) is 1.50. The summed E-state index contributed by atoms with van der Waals surface area (Å²) in [5, 5.41) is 0. The van der Waals surface area contributed by atoms with E-state index >= 15 is 0 Å². The molecule has 1 aliphatic carbocycles. The van der Waals surface area contributed by atoms with Crippen molar-refractivity contribution >= 4 is 0 Å². The van der Waals surface area contributed by atoms with E-state index in [-0.39, 0.29) is 0 Å². The Kier molecular flexibility index (Phi) is 6.81. The number of rotatable bonds is 1. The number of hydrogen-bond acceptors (Lipinski definition) is 0. The second kappa shape index (κ2) is 7.33. The Bertz CT molecular complexity index is 149. The van der Waals surface area contributed by atoms with Crippen LogP contribution in [-0.4, -0.2) is 0 Å². The van der Waals surface area contributed by atoms with E-state index in [1.165, 1.54) is 24.8 Å². The predicted molar refractivity (Wildman–Crippen MR) is 52.6 cm³/mol. The third-order valence-electron chi connectivity index (χ3n) is 1.48. The highest BCUT2D eigenvalue weighted by Crippen LogP contribution is 2.11. The quantitative estimate of drug-likeness (QED) is 0.498. The summed E-state index contributed by atoms with van der Waals surface area (Å²) in [6.07, 6.45) is 12.2. The van der Waals surface area contributed by atoms with Crippen molar-refractivity contribution in [2.45, 2.75) is 33.1 Å². The molecule has 0 heteroatoms. The lowest BCUT2D eigenvalue weighted by Gasteiger charge is -2.01. The molecule has 0 aromatic heterocycles. The highest BCUT2D eigenvalue weighted by Gasteiger charge is 1.90. The topological polar surface area (TPSA) is 0 Å². The molecule has 0 unspecified atom stereocenters. The van der Waals surface area contributed by atoms with Crippen molar-refractivity contribution in [3.63, 3.8) is 0 Å². The zero-order valence-electron chi connectivity index (χ0n) is 7.64. The Morgan fingerprint density at radius 3 is 2.45 bits per heavy atom. The van der Waals surface area contributed by atoms with Gasteiger partial charge in [0.2, 0.25) is 0 Å². The fourth-order valence-corrected chi connectivity index (χ4v) is 0.930. The maximum atomic E-state index is 3.36. The summed E-state index contributed by atoms with van der Waals surface area (Å²) >= 11 is 0. The fourth-order valence-electron chi connectivity index (χ4n) is 0.930. The van der Waals surface area contributed by atoms with Crippen molar-refractivity contribution in [2.75, 3.05) is 0 Å². The van der Waals surface area contributed by atoms with Crippen LogP contribution in [0.2, 0.25) is 0 Å². The van der Waals surface area contributed by atoms with Crippen LogP contribution in [0, 0.1) is 0 Å². The van der Waals surface area contributed by atoms with E-state index in [1.54, 1.807) is 6.08 Å². The molecule has 0 saturated carbocycles. The van der Waals surface area contributed by atoms with Crippen molar-refractivity contribution < 1.29 is 0 Å². The molecule has 0 bridgehead atoms. The standard InChI is InChI=1S/C8H12.C3H6/c1-2-8-6-4-3-5-7-8;1-3-2/h4,6-7H,2-3,5H2,1H3;3H,1H2,2H3. The Labute approximate surface area is 70.3 Å². The van der Waals surface area contributed by atoms with E-state index < -0.39 is 0 Å². The highest BCUT2D eigenvalue weighted by atomic mass is 14.0. The average molecular weight is 150 g/mol. The van der Waals surface area contributed by atoms with Crippen LogP contribution in [0.1, 0.15) is 33.1 Å². The van der Waals surface area contributed by atoms with Gasteiger partial charge < -0.3 is 0 Å². The predicted octanol–water partition coefficient (Wildman–Crippen LogP) is 3.87. The van der Waals surface area contributed by atoms with Gasteiger partial charge in [-0.05, 0) is 26.2 Å². The molecule has 0 heterocycles. The second-order valence-corrected chi connectivity index (χ2v) is 2.52. The molecule has 0 saturated heterocycles. The Hall–Kier alpha value is -0.780. The summed E-state index contributed by atoms with van der Waals surface area (Å²) in [7, 11) is 0. The van der Waals surface area contributed by atoms with Crippen molar-refractivity contribution in [1.29, 1.82) is 0 Å². The Morgan fingerprint density at radius 1 is 1.55 bits per heavy atom. The van der Waals surface area contributed by atoms with Crippen molar-refractivity contribution in [2.24, 2.45) is 0 Å². The fraction of sp³-hybridized carbons (Fsp3) is 0.455. The maximum Gasteiger partial charge on any atom is -0.0310 e. The van der Waals surface area contributed by atoms with E-state index in [4.69, 9.17) is 0 Å². The largest absolute Gasteiger partial charge is 0.103 e. The zero-order valence-corrected chi connectivity index (χ0v) is 7.64. The van der Waals surface area contributed by atoms with Gasteiger partial charge in [0.1, 0.15) is 0 Å². The molecule has 0 amide bonds. The van der Waals surface area contributed by atoms with Gasteiger partial charge in [0, 0.05) is 0 Å². The van der Waals surface area contributed by atoms with Crippen molar-refractivity contribution in [1.82, 2.24) is 0 Å². The summed E-state index contributed by atoms with van der Waals surface area (Å²) < 4.78 is 0. The summed E-state index contributed by atoms with van der Waals surface area (Å²) in [4.78, 5) is 0. The first-order valence-corrected chi connectivity index (χ1v) is 4.27. The second-order valence-electron chi connectivity index (χ2n) is 2.52. The first kappa shape index (κ1) is 10.2. The van der Waals surface area contributed by atoms with Crippen LogP contribution in [0.5, 0.6) is 0 Å². The molecule has 0 N–H and O–H groups in total. The monoisotopic (exact) mass is 150 g/mol.